The van der Waals surface area contributed by atoms with Gasteiger partial charge in [0, 0.05) is 26.2 Å². The van der Waals surface area contributed by atoms with E-state index in [1.165, 1.54) is 6.42 Å². The number of anilines is 1. The molecule has 1 aromatic heterocycles. The topological polar surface area (TPSA) is 54.2 Å². The number of nitrogens with zero attached hydrogens (tertiary/aromatic N) is 3. The molecule has 2 aliphatic rings. The summed E-state index contributed by atoms with van der Waals surface area (Å²) in [7, 11) is 0. The zero-order chi connectivity index (χ0) is 18.9. The fourth-order valence-corrected chi connectivity index (χ4v) is 3.94. The fraction of sp³-hybridized carbons (Fsp3) is 0.579. The highest BCUT2D eigenvalue weighted by Crippen LogP contribution is 2.35. The summed E-state index contributed by atoms with van der Waals surface area (Å²) in [6.07, 6.45) is -0.00123. The van der Waals surface area contributed by atoms with Crippen LogP contribution in [0.25, 0.3) is 0 Å². The summed E-state index contributed by atoms with van der Waals surface area (Å²) in [5, 5.41) is 7.49. The molecule has 2 unspecified atom stereocenters. The SMILES string of the molecule is FC(F)(F)c1ccc(C2CNCC(c3nc(N4CCCCC4)no3)C2)cc1. The number of hydrogen-bond acceptors (Lipinski definition) is 5. The van der Waals surface area contributed by atoms with E-state index < -0.39 is 11.7 Å². The van der Waals surface area contributed by atoms with Crippen LogP contribution in [0.3, 0.4) is 0 Å². The second-order valence-corrected chi connectivity index (χ2v) is 7.39. The van der Waals surface area contributed by atoms with E-state index in [9.17, 15) is 13.2 Å². The first-order chi connectivity index (χ1) is 13.0. The Bertz CT molecular complexity index is 753. The minimum absolute atomic E-state index is 0.0667. The second kappa shape index (κ2) is 7.50. The summed E-state index contributed by atoms with van der Waals surface area (Å²) < 4.78 is 43.8. The van der Waals surface area contributed by atoms with Crippen molar-refractivity contribution in [2.45, 2.75) is 43.7 Å². The molecular weight excluding hydrogens is 357 g/mol. The Hall–Kier alpha value is -2.09. The predicted molar refractivity (Wildman–Crippen MR) is 94.8 cm³/mol. The monoisotopic (exact) mass is 380 g/mol. The zero-order valence-corrected chi connectivity index (χ0v) is 15.0. The third-order valence-corrected chi connectivity index (χ3v) is 5.48. The number of halogens is 3. The van der Waals surface area contributed by atoms with E-state index in [-0.39, 0.29) is 11.8 Å². The summed E-state index contributed by atoms with van der Waals surface area (Å²) in [6.45, 7) is 3.37. The van der Waals surface area contributed by atoms with E-state index in [0.29, 0.717) is 11.8 Å². The third-order valence-electron chi connectivity index (χ3n) is 5.48. The summed E-state index contributed by atoms with van der Waals surface area (Å²) in [5.74, 6) is 1.45. The molecule has 0 spiro atoms. The van der Waals surface area contributed by atoms with Crippen LogP contribution < -0.4 is 10.2 Å². The van der Waals surface area contributed by atoms with Crippen LogP contribution in [0.1, 0.15) is 54.5 Å². The van der Waals surface area contributed by atoms with Crippen molar-refractivity contribution in [2.24, 2.45) is 0 Å². The Morgan fingerprint density at radius 1 is 1.00 bits per heavy atom. The van der Waals surface area contributed by atoms with Gasteiger partial charge in [0.05, 0.1) is 11.5 Å². The van der Waals surface area contributed by atoms with Crippen LogP contribution in [-0.2, 0) is 6.18 Å². The summed E-state index contributed by atoms with van der Waals surface area (Å²) in [6, 6.07) is 5.45. The Labute approximate surface area is 155 Å². The molecule has 2 aliphatic heterocycles. The van der Waals surface area contributed by atoms with Crippen molar-refractivity contribution in [1.82, 2.24) is 15.5 Å². The molecule has 1 aromatic carbocycles. The number of benzene rings is 1. The standard InChI is InChI=1S/C19H23F3N4O/c20-19(21,22)16-6-4-13(5-7-16)14-10-15(12-23-11-14)17-24-18(25-27-17)26-8-2-1-3-9-26/h4-7,14-15,23H,1-3,8-12H2. The zero-order valence-electron chi connectivity index (χ0n) is 15.0. The van der Waals surface area contributed by atoms with Gasteiger partial charge in [-0.05, 0) is 54.5 Å². The van der Waals surface area contributed by atoms with Crippen molar-refractivity contribution in [1.29, 1.82) is 0 Å². The largest absolute Gasteiger partial charge is 0.416 e. The smallest absolute Gasteiger partial charge is 0.338 e. The molecule has 27 heavy (non-hydrogen) atoms. The molecule has 2 saturated heterocycles. The van der Waals surface area contributed by atoms with Crippen molar-refractivity contribution in [2.75, 3.05) is 31.1 Å². The molecule has 5 nitrogen and oxygen atoms in total. The predicted octanol–water partition coefficient (Wildman–Crippen LogP) is 3.94. The Balaban J connectivity index is 1.44. The fourth-order valence-electron chi connectivity index (χ4n) is 3.94. The number of alkyl halides is 3. The molecule has 3 heterocycles. The molecule has 8 heteroatoms. The van der Waals surface area contributed by atoms with Crippen LogP contribution in [0.4, 0.5) is 19.1 Å². The van der Waals surface area contributed by atoms with Crippen LogP contribution in [0, 0.1) is 0 Å². The lowest BCUT2D eigenvalue weighted by Gasteiger charge is -2.28. The van der Waals surface area contributed by atoms with E-state index in [0.717, 1.165) is 63.1 Å². The quantitative estimate of drug-likeness (QED) is 0.874. The van der Waals surface area contributed by atoms with Crippen LogP contribution in [-0.4, -0.2) is 36.3 Å². The molecule has 2 fully saturated rings. The molecule has 0 bridgehead atoms. The van der Waals surface area contributed by atoms with Gasteiger partial charge < -0.3 is 14.7 Å². The maximum Gasteiger partial charge on any atom is 0.416 e. The number of hydrogen-bond donors (Lipinski definition) is 1. The van der Waals surface area contributed by atoms with Gasteiger partial charge in [0.25, 0.3) is 5.95 Å². The number of aromatic nitrogens is 2. The molecule has 0 saturated carbocycles. The van der Waals surface area contributed by atoms with Gasteiger partial charge in [-0.2, -0.15) is 18.2 Å². The van der Waals surface area contributed by atoms with E-state index in [1.807, 2.05) is 0 Å². The van der Waals surface area contributed by atoms with Crippen LogP contribution >= 0.6 is 0 Å². The van der Waals surface area contributed by atoms with Gasteiger partial charge in [0.1, 0.15) is 0 Å². The van der Waals surface area contributed by atoms with E-state index in [4.69, 9.17) is 4.52 Å². The van der Waals surface area contributed by atoms with Gasteiger partial charge in [0.15, 0.2) is 0 Å². The molecule has 0 aliphatic carbocycles. The lowest BCUT2D eigenvalue weighted by atomic mass is 9.85. The highest BCUT2D eigenvalue weighted by Gasteiger charge is 2.32. The van der Waals surface area contributed by atoms with Crippen LogP contribution in [0.2, 0.25) is 0 Å². The van der Waals surface area contributed by atoms with Crippen molar-refractivity contribution in [3.05, 3.63) is 41.3 Å². The summed E-state index contributed by atoms with van der Waals surface area (Å²) >= 11 is 0. The van der Waals surface area contributed by atoms with Gasteiger partial charge in [-0.1, -0.05) is 12.1 Å². The lowest BCUT2D eigenvalue weighted by Crippen LogP contribution is -2.34. The molecule has 146 valence electrons. The minimum atomic E-state index is -4.31. The first kappa shape index (κ1) is 18.3. The van der Waals surface area contributed by atoms with Crippen molar-refractivity contribution in [3.8, 4) is 0 Å². The van der Waals surface area contributed by atoms with Gasteiger partial charge in [-0.25, -0.2) is 0 Å². The van der Waals surface area contributed by atoms with Crippen LogP contribution in [0.15, 0.2) is 28.8 Å². The summed E-state index contributed by atoms with van der Waals surface area (Å²) in [4.78, 5) is 6.74. The Morgan fingerprint density at radius 3 is 2.41 bits per heavy atom. The van der Waals surface area contributed by atoms with E-state index in [2.05, 4.69) is 20.4 Å². The third kappa shape index (κ3) is 4.10. The first-order valence-electron chi connectivity index (χ1n) is 9.47. The first-order valence-corrected chi connectivity index (χ1v) is 9.47. The molecule has 2 atom stereocenters. The number of piperidine rings is 2. The highest BCUT2D eigenvalue weighted by molar-refractivity contribution is 5.30. The number of nitrogens with one attached hydrogen (secondary N) is 1. The van der Waals surface area contributed by atoms with E-state index in [1.54, 1.807) is 12.1 Å². The minimum Gasteiger partial charge on any atom is -0.338 e. The second-order valence-electron chi connectivity index (χ2n) is 7.39. The van der Waals surface area contributed by atoms with Gasteiger partial charge in [-0.15, -0.1) is 0 Å². The molecule has 2 aromatic rings. The highest BCUT2D eigenvalue weighted by atomic mass is 19.4. The van der Waals surface area contributed by atoms with E-state index >= 15 is 0 Å². The Morgan fingerprint density at radius 2 is 1.70 bits per heavy atom. The van der Waals surface area contributed by atoms with Gasteiger partial charge >= 0.3 is 6.18 Å². The van der Waals surface area contributed by atoms with Gasteiger partial charge in [-0.3, -0.25) is 0 Å². The van der Waals surface area contributed by atoms with Gasteiger partial charge in [0.2, 0.25) is 5.89 Å². The maximum atomic E-state index is 12.8. The number of rotatable bonds is 3. The Kier molecular flexibility index (Phi) is 5.08. The van der Waals surface area contributed by atoms with Crippen molar-refractivity contribution < 1.29 is 17.7 Å². The van der Waals surface area contributed by atoms with Crippen LogP contribution in [0.5, 0.6) is 0 Å². The molecule has 0 radical (unpaired) electrons. The lowest BCUT2D eigenvalue weighted by molar-refractivity contribution is -0.137. The molecular formula is C19H23F3N4O. The average molecular weight is 380 g/mol. The average Bonchev–Trinajstić information content (AvgIpc) is 3.19. The maximum absolute atomic E-state index is 12.8. The van der Waals surface area contributed by atoms with Crippen molar-refractivity contribution >= 4 is 5.95 Å². The normalized spacial score (nSPS) is 24.2. The summed E-state index contributed by atoms with van der Waals surface area (Å²) in [5.41, 5.74) is 0.283. The van der Waals surface area contributed by atoms with Crippen molar-refractivity contribution in [3.63, 3.8) is 0 Å². The molecule has 0 amide bonds. The molecule has 1 N–H and O–H groups in total. The molecule has 4 rings (SSSR count).